The summed E-state index contributed by atoms with van der Waals surface area (Å²) in [7, 11) is 0. The van der Waals surface area contributed by atoms with Gasteiger partial charge in [-0.3, -0.25) is 4.79 Å². The minimum absolute atomic E-state index is 0.164. The molecule has 4 nitrogen and oxygen atoms in total. The third-order valence-electron chi connectivity index (χ3n) is 2.10. The first kappa shape index (κ1) is 13.6. The van der Waals surface area contributed by atoms with E-state index in [0.717, 1.165) is 10.2 Å². The monoisotopic (exact) mass is 305 g/mol. The van der Waals surface area contributed by atoms with Crippen LogP contribution in [0.5, 0.6) is 0 Å². The van der Waals surface area contributed by atoms with E-state index in [1.807, 2.05) is 0 Å². The number of nitrogens with two attached hydrogens (primary N) is 1. The molecule has 0 aromatic carbocycles. The first-order valence-corrected chi connectivity index (χ1v) is 6.77. The van der Waals surface area contributed by atoms with E-state index in [1.165, 1.54) is 11.3 Å². The van der Waals surface area contributed by atoms with Crippen LogP contribution in [0, 0.1) is 5.92 Å². The molecular weight excluding hydrogens is 290 g/mol. The van der Waals surface area contributed by atoms with Crippen LogP contribution in [-0.2, 0) is 4.79 Å². The normalized spacial score (nSPS) is 12.8. The van der Waals surface area contributed by atoms with Crippen LogP contribution in [0.2, 0.25) is 0 Å². The van der Waals surface area contributed by atoms with Crippen molar-refractivity contribution in [3.8, 4) is 0 Å². The predicted octanol–water partition coefficient (Wildman–Crippen LogP) is 2.61. The number of halogens is 1. The molecule has 0 bridgehead atoms. The van der Waals surface area contributed by atoms with Crippen molar-refractivity contribution in [3.63, 3.8) is 0 Å². The first-order chi connectivity index (χ1) is 7.49. The minimum Gasteiger partial charge on any atom is -0.320 e. The van der Waals surface area contributed by atoms with Gasteiger partial charge in [0.2, 0.25) is 5.91 Å². The summed E-state index contributed by atoms with van der Waals surface area (Å²) >= 11 is 4.66. The Balaban J connectivity index is 2.39. The van der Waals surface area contributed by atoms with Gasteiger partial charge in [0.25, 0.3) is 0 Å². The van der Waals surface area contributed by atoms with Gasteiger partial charge in [0.05, 0.1) is 16.0 Å². The Labute approximate surface area is 108 Å². The molecule has 1 aromatic heterocycles. The minimum atomic E-state index is -0.454. The van der Waals surface area contributed by atoms with Gasteiger partial charge in [-0.25, -0.2) is 4.98 Å². The fraction of sp³-hybridized carbons (Fsp3) is 0.600. The molecule has 3 N–H and O–H groups in total. The molecule has 1 atom stereocenters. The molecule has 0 spiro atoms. The molecule has 90 valence electrons. The summed E-state index contributed by atoms with van der Waals surface area (Å²) in [6.45, 7) is 4.23. The molecule has 1 rings (SSSR count). The van der Waals surface area contributed by atoms with Crippen molar-refractivity contribution in [2.75, 3.05) is 5.32 Å². The average molecular weight is 306 g/mol. The van der Waals surface area contributed by atoms with E-state index in [0.29, 0.717) is 17.5 Å². The smallest absolute Gasteiger partial charge is 0.243 e. The van der Waals surface area contributed by atoms with Crippen LogP contribution in [0.15, 0.2) is 9.98 Å². The van der Waals surface area contributed by atoms with Crippen molar-refractivity contribution >= 4 is 38.3 Å². The standard InChI is InChI=1S/C10H16BrN3OS/c1-6(2)3-4-7(12)9(15)14-10-13-5-8(11)16-10/h5-7H,3-4,12H2,1-2H3,(H,13,14,15)/t7-/m0/s1. The van der Waals surface area contributed by atoms with Crippen LogP contribution in [0.25, 0.3) is 0 Å². The van der Waals surface area contributed by atoms with Gasteiger partial charge >= 0.3 is 0 Å². The second kappa shape index (κ2) is 6.32. The quantitative estimate of drug-likeness (QED) is 0.878. The van der Waals surface area contributed by atoms with E-state index < -0.39 is 6.04 Å². The maximum atomic E-state index is 11.6. The lowest BCUT2D eigenvalue weighted by molar-refractivity contribution is -0.117. The molecule has 16 heavy (non-hydrogen) atoms. The summed E-state index contributed by atoms with van der Waals surface area (Å²) in [5.41, 5.74) is 5.77. The Morgan fingerprint density at radius 2 is 2.31 bits per heavy atom. The maximum absolute atomic E-state index is 11.6. The molecule has 6 heteroatoms. The van der Waals surface area contributed by atoms with Gasteiger partial charge < -0.3 is 11.1 Å². The molecule has 0 aliphatic heterocycles. The summed E-state index contributed by atoms with van der Waals surface area (Å²) < 4.78 is 0.888. The molecule has 0 fully saturated rings. The Morgan fingerprint density at radius 3 is 2.81 bits per heavy atom. The fourth-order valence-corrected chi connectivity index (χ4v) is 2.26. The fourth-order valence-electron chi connectivity index (χ4n) is 1.15. The second-order valence-corrected chi connectivity index (χ2v) is 6.45. The number of nitrogens with one attached hydrogen (secondary N) is 1. The van der Waals surface area contributed by atoms with Gasteiger partial charge in [0.15, 0.2) is 5.13 Å². The van der Waals surface area contributed by atoms with E-state index in [4.69, 9.17) is 5.73 Å². The average Bonchev–Trinajstić information content (AvgIpc) is 2.60. The van der Waals surface area contributed by atoms with Crippen LogP contribution < -0.4 is 11.1 Å². The molecular formula is C10H16BrN3OS. The summed E-state index contributed by atoms with van der Waals surface area (Å²) in [4.78, 5) is 15.7. The summed E-state index contributed by atoms with van der Waals surface area (Å²) in [6.07, 6.45) is 3.31. The van der Waals surface area contributed by atoms with Crippen molar-refractivity contribution in [2.45, 2.75) is 32.7 Å². The van der Waals surface area contributed by atoms with Crippen LogP contribution in [0.1, 0.15) is 26.7 Å². The number of anilines is 1. The first-order valence-electron chi connectivity index (χ1n) is 5.17. The summed E-state index contributed by atoms with van der Waals surface area (Å²) in [6, 6.07) is -0.454. The number of aromatic nitrogens is 1. The van der Waals surface area contributed by atoms with Gasteiger partial charge in [-0.1, -0.05) is 25.2 Å². The van der Waals surface area contributed by atoms with E-state index in [2.05, 4.69) is 40.1 Å². The highest BCUT2D eigenvalue weighted by molar-refractivity contribution is 9.11. The Kier molecular flexibility index (Phi) is 5.37. The highest BCUT2D eigenvalue weighted by Gasteiger charge is 2.15. The van der Waals surface area contributed by atoms with Crippen molar-refractivity contribution in [2.24, 2.45) is 11.7 Å². The third-order valence-corrected chi connectivity index (χ3v) is 3.49. The number of carbonyl (C=O) groups excluding carboxylic acids is 1. The van der Waals surface area contributed by atoms with Crippen LogP contribution in [0.3, 0.4) is 0 Å². The summed E-state index contributed by atoms with van der Waals surface area (Å²) in [5.74, 6) is 0.398. The number of carbonyl (C=O) groups is 1. The summed E-state index contributed by atoms with van der Waals surface area (Å²) in [5, 5.41) is 3.28. The SMILES string of the molecule is CC(C)CC[C@H](N)C(=O)Nc1ncc(Br)s1. The largest absolute Gasteiger partial charge is 0.320 e. The number of hydrogen-bond acceptors (Lipinski definition) is 4. The second-order valence-electron chi connectivity index (χ2n) is 4.04. The molecule has 0 unspecified atom stereocenters. The number of thiazole rings is 1. The van der Waals surface area contributed by atoms with E-state index in [1.54, 1.807) is 6.20 Å². The molecule has 1 heterocycles. The zero-order valence-corrected chi connectivity index (χ0v) is 11.8. The highest BCUT2D eigenvalue weighted by Crippen LogP contribution is 2.23. The van der Waals surface area contributed by atoms with Crippen molar-refractivity contribution in [1.29, 1.82) is 0 Å². The van der Waals surface area contributed by atoms with Gasteiger partial charge in [-0.05, 0) is 34.7 Å². The number of amides is 1. The van der Waals surface area contributed by atoms with E-state index >= 15 is 0 Å². The number of rotatable bonds is 5. The highest BCUT2D eigenvalue weighted by atomic mass is 79.9. The Hall–Kier alpha value is -0.460. The van der Waals surface area contributed by atoms with Crippen LogP contribution >= 0.6 is 27.3 Å². The predicted molar refractivity (Wildman–Crippen MR) is 70.5 cm³/mol. The Bertz CT molecular complexity index is 354. The zero-order valence-electron chi connectivity index (χ0n) is 9.37. The lowest BCUT2D eigenvalue weighted by Crippen LogP contribution is -2.35. The van der Waals surface area contributed by atoms with Crippen molar-refractivity contribution in [3.05, 3.63) is 9.98 Å². The molecule has 0 radical (unpaired) electrons. The number of nitrogens with zero attached hydrogens (tertiary/aromatic N) is 1. The van der Waals surface area contributed by atoms with Gasteiger partial charge in [0, 0.05) is 0 Å². The third kappa shape index (κ3) is 4.59. The topological polar surface area (TPSA) is 68.0 Å². The molecule has 0 saturated heterocycles. The number of hydrogen-bond donors (Lipinski definition) is 2. The van der Waals surface area contributed by atoms with Crippen LogP contribution in [-0.4, -0.2) is 16.9 Å². The van der Waals surface area contributed by atoms with Crippen LogP contribution in [0.4, 0.5) is 5.13 Å². The van der Waals surface area contributed by atoms with Gasteiger partial charge in [-0.2, -0.15) is 0 Å². The van der Waals surface area contributed by atoms with Crippen molar-refractivity contribution < 1.29 is 4.79 Å². The lowest BCUT2D eigenvalue weighted by atomic mass is 10.0. The van der Waals surface area contributed by atoms with Crippen molar-refractivity contribution in [1.82, 2.24) is 4.98 Å². The maximum Gasteiger partial charge on any atom is 0.243 e. The Morgan fingerprint density at radius 1 is 1.62 bits per heavy atom. The van der Waals surface area contributed by atoms with Gasteiger partial charge in [0.1, 0.15) is 0 Å². The molecule has 0 aliphatic rings. The molecule has 0 saturated carbocycles. The molecule has 1 amide bonds. The van der Waals surface area contributed by atoms with Gasteiger partial charge in [-0.15, -0.1) is 0 Å². The van der Waals surface area contributed by atoms with E-state index in [-0.39, 0.29) is 5.91 Å². The van der Waals surface area contributed by atoms with E-state index in [9.17, 15) is 4.79 Å². The lowest BCUT2D eigenvalue weighted by Gasteiger charge is -2.11. The zero-order chi connectivity index (χ0) is 12.1. The molecule has 1 aromatic rings. The molecule has 0 aliphatic carbocycles.